The highest BCUT2D eigenvalue weighted by Crippen LogP contribution is 2.23. The minimum absolute atomic E-state index is 0.396. The molecule has 0 amide bonds. The average Bonchev–Trinajstić information content (AvgIpc) is 2.39. The number of hydrogen-bond acceptors (Lipinski definition) is 3. The summed E-state index contributed by atoms with van der Waals surface area (Å²) < 4.78 is 0. The first-order valence-corrected chi connectivity index (χ1v) is 6.72. The zero-order valence-electron chi connectivity index (χ0n) is 12.0. The Bertz CT molecular complexity index is 530. The Hall–Kier alpha value is -1.90. The molecule has 3 heteroatoms. The van der Waals surface area contributed by atoms with Crippen molar-refractivity contribution in [3.63, 3.8) is 0 Å². The molecule has 2 N–H and O–H groups in total. The minimum Gasteiger partial charge on any atom is -0.399 e. The van der Waals surface area contributed by atoms with Crippen LogP contribution in [-0.2, 0) is 0 Å². The number of nitrogen functional groups attached to an aromatic ring is 1. The molecule has 3 nitrogen and oxygen atoms in total. The third kappa shape index (κ3) is 3.11. The van der Waals surface area contributed by atoms with Gasteiger partial charge >= 0.3 is 0 Å². The molecule has 2 rings (SSSR count). The van der Waals surface area contributed by atoms with E-state index >= 15 is 0 Å². The van der Waals surface area contributed by atoms with Crippen molar-refractivity contribution in [2.75, 3.05) is 5.73 Å². The summed E-state index contributed by atoms with van der Waals surface area (Å²) >= 11 is 0. The van der Waals surface area contributed by atoms with E-state index in [0.29, 0.717) is 11.8 Å². The van der Waals surface area contributed by atoms with Crippen molar-refractivity contribution in [2.45, 2.75) is 39.5 Å². The standard InChI is InChI=1S/C16H21N3/c1-10(2)14-9-15(11(3)4)19-16(18-14)12-5-7-13(17)8-6-12/h5-11H,17H2,1-4H3. The summed E-state index contributed by atoms with van der Waals surface area (Å²) in [6, 6.07) is 9.82. The summed E-state index contributed by atoms with van der Waals surface area (Å²) in [7, 11) is 0. The van der Waals surface area contributed by atoms with E-state index in [0.717, 1.165) is 28.5 Å². The fraction of sp³-hybridized carbons (Fsp3) is 0.375. The number of rotatable bonds is 3. The van der Waals surface area contributed by atoms with Gasteiger partial charge in [-0.15, -0.1) is 0 Å². The quantitative estimate of drug-likeness (QED) is 0.844. The van der Waals surface area contributed by atoms with Crippen LogP contribution in [-0.4, -0.2) is 9.97 Å². The van der Waals surface area contributed by atoms with Crippen LogP contribution in [0.25, 0.3) is 11.4 Å². The lowest BCUT2D eigenvalue weighted by Crippen LogP contribution is -2.03. The molecule has 1 aromatic carbocycles. The largest absolute Gasteiger partial charge is 0.399 e. The maximum Gasteiger partial charge on any atom is 0.159 e. The van der Waals surface area contributed by atoms with Gasteiger partial charge in [-0.2, -0.15) is 0 Å². The Kier molecular flexibility index (Phi) is 3.84. The molecule has 0 saturated heterocycles. The van der Waals surface area contributed by atoms with Crippen LogP contribution in [0.3, 0.4) is 0 Å². The van der Waals surface area contributed by atoms with Crippen LogP contribution in [0.1, 0.15) is 50.9 Å². The normalized spacial score (nSPS) is 11.3. The summed E-state index contributed by atoms with van der Waals surface area (Å²) in [4.78, 5) is 9.33. The van der Waals surface area contributed by atoms with Crippen molar-refractivity contribution >= 4 is 5.69 Å². The average molecular weight is 255 g/mol. The Morgan fingerprint density at radius 1 is 0.842 bits per heavy atom. The summed E-state index contributed by atoms with van der Waals surface area (Å²) in [5, 5.41) is 0. The first-order valence-electron chi connectivity index (χ1n) is 6.72. The molecular formula is C16H21N3. The maximum absolute atomic E-state index is 5.72. The fourth-order valence-electron chi connectivity index (χ4n) is 1.84. The van der Waals surface area contributed by atoms with E-state index in [2.05, 4.69) is 43.7 Å². The van der Waals surface area contributed by atoms with E-state index in [1.54, 1.807) is 0 Å². The molecule has 1 heterocycles. The molecule has 0 fully saturated rings. The number of nitrogens with two attached hydrogens (primary N) is 1. The molecule has 100 valence electrons. The van der Waals surface area contributed by atoms with E-state index in [1.165, 1.54) is 0 Å². The summed E-state index contributed by atoms with van der Waals surface area (Å²) in [6.45, 7) is 8.61. The molecule has 0 saturated carbocycles. The van der Waals surface area contributed by atoms with Crippen molar-refractivity contribution in [1.29, 1.82) is 0 Å². The molecular weight excluding hydrogens is 234 g/mol. The third-order valence-electron chi connectivity index (χ3n) is 3.12. The second kappa shape index (κ2) is 5.39. The lowest BCUT2D eigenvalue weighted by Gasteiger charge is -2.12. The minimum atomic E-state index is 0.396. The molecule has 1 aromatic heterocycles. The molecule has 19 heavy (non-hydrogen) atoms. The van der Waals surface area contributed by atoms with E-state index in [-0.39, 0.29) is 0 Å². The van der Waals surface area contributed by atoms with E-state index in [4.69, 9.17) is 5.73 Å². The van der Waals surface area contributed by atoms with E-state index < -0.39 is 0 Å². The van der Waals surface area contributed by atoms with Gasteiger partial charge in [-0.3, -0.25) is 0 Å². The Morgan fingerprint density at radius 2 is 1.32 bits per heavy atom. The summed E-state index contributed by atoms with van der Waals surface area (Å²) in [5.74, 6) is 1.58. The molecule has 0 bridgehead atoms. The molecule has 0 aliphatic carbocycles. The number of aromatic nitrogens is 2. The Morgan fingerprint density at radius 3 is 1.74 bits per heavy atom. The van der Waals surface area contributed by atoms with Crippen molar-refractivity contribution in [1.82, 2.24) is 9.97 Å². The number of hydrogen-bond donors (Lipinski definition) is 1. The molecule has 2 aromatic rings. The molecule has 0 aliphatic heterocycles. The fourth-order valence-corrected chi connectivity index (χ4v) is 1.84. The molecule has 0 atom stereocenters. The predicted octanol–water partition coefficient (Wildman–Crippen LogP) is 3.97. The predicted molar refractivity (Wildman–Crippen MR) is 80.1 cm³/mol. The molecule has 0 spiro atoms. The number of anilines is 1. The van der Waals surface area contributed by atoms with Gasteiger partial charge in [0.25, 0.3) is 0 Å². The van der Waals surface area contributed by atoms with Gasteiger partial charge in [0.05, 0.1) is 0 Å². The first kappa shape index (κ1) is 13.5. The smallest absolute Gasteiger partial charge is 0.159 e. The highest BCUT2D eigenvalue weighted by Gasteiger charge is 2.11. The van der Waals surface area contributed by atoms with E-state index in [9.17, 15) is 0 Å². The Balaban J connectivity index is 2.52. The number of benzene rings is 1. The van der Waals surface area contributed by atoms with Crippen LogP contribution in [0.5, 0.6) is 0 Å². The van der Waals surface area contributed by atoms with Crippen molar-refractivity contribution in [3.8, 4) is 11.4 Å². The molecule has 0 unspecified atom stereocenters. The lowest BCUT2D eigenvalue weighted by atomic mass is 10.0. The van der Waals surface area contributed by atoms with Gasteiger partial charge in [-0.05, 0) is 42.2 Å². The van der Waals surface area contributed by atoms with Gasteiger partial charge in [0.15, 0.2) is 5.82 Å². The van der Waals surface area contributed by atoms with Crippen LogP contribution in [0, 0.1) is 0 Å². The van der Waals surface area contributed by atoms with Crippen molar-refractivity contribution in [3.05, 3.63) is 41.7 Å². The molecule has 0 aliphatic rings. The van der Waals surface area contributed by atoms with Gasteiger partial charge < -0.3 is 5.73 Å². The van der Waals surface area contributed by atoms with Crippen LogP contribution >= 0.6 is 0 Å². The van der Waals surface area contributed by atoms with Gasteiger partial charge in [-0.25, -0.2) is 9.97 Å². The summed E-state index contributed by atoms with van der Waals surface area (Å²) in [6.07, 6.45) is 0. The van der Waals surface area contributed by atoms with Gasteiger partial charge in [0.2, 0.25) is 0 Å². The highest BCUT2D eigenvalue weighted by molar-refractivity contribution is 5.59. The lowest BCUT2D eigenvalue weighted by molar-refractivity contribution is 0.771. The number of nitrogens with zero attached hydrogens (tertiary/aromatic N) is 2. The first-order chi connectivity index (χ1) is 8.97. The maximum atomic E-state index is 5.72. The van der Waals surface area contributed by atoms with Crippen molar-refractivity contribution < 1.29 is 0 Å². The Labute approximate surface area is 114 Å². The third-order valence-corrected chi connectivity index (χ3v) is 3.12. The zero-order valence-corrected chi connectivity index (χ0v) is 12.0. The SMILES string of the molecule is CC(C)c1cc(C(C)C)nc(-c2ccc(N)cc2)n1. The van der Waals surface area contributed by atoms with E-state index in [1.807, 2.05) is 24.3 Å². The van der Waals surface area contributed by atoms with Crippen LogP contribution in [0.4, 0.5) is 5.69 Å². The van der Waals surface area contributed by atoms with Crippen LogP contribution in [0.2, 0.25) is 0 Å². The molecule has 0 radical (unpaired) electrons. The van der Waals surface area contributed by atoms with Crippen molar-refractivity contribution in [2.24, 2.45) is 0 Å². The monoisotopic (exact) mass is 255 g/mol. The zero-order chi connectivity index (χ0) is 14.0. The highest BCUT2D eigenvalue weighted by atomic mass is 14.9. The second-order valence-corrected chi connectivity index (χ2v) is 5.47. The topological polar surface area (TPSA) is 51.8 Å². The van der Waals surface area contributed by atoms with Crippen LogP contribution < -0.4 is 5.73 Å². The van der Waals surface area contributed by atoms with Crippen LogP contribution in [0.15, 0.2) is 30.3 Å². The van der Waals surface area contributed by atoms with Gasteiger partial charge in [0, 0.05) is 22.6 Å². The second-order valence-electron chi connectivity index (χ2n) is 5.47. The summed E-state index contributed by atoms with van der Waals surface area (Å²) in [5.41, 5.74) is 9.67. The van der Waals surface area contributed by atoms with Gasteiger partial charge in [-0.1, -0.05) is 27.7 Å². The van der Waals surface area contributed by atoms with Gasteiger partial charge in [0.1, 0.15) is 0 Å².